The quantitative estimate of drug-likeness (QED) is 0.859. The van der Waals surface area contributed by atoms with Crippen LogP contribution in [0.15, 0.2) is 34.4 Å². The summed E-state index contributed by atoms with van der Waals surface area (Å²) in [4.78, 5) is 12.7. The molecular formula is C12H15N3O3S2. The number of rotatable bonds is 6. The first-order valence-corrected chi connectivity index (χ1v) is 8.64. The Hall–Kier alpha value is -1.51. The van der Waals surface area contributed by atoms with Gasteiger partial charge in [-0.1, -0.05) is 6.07 Å². The zero-order chi connectivity index (χ0) is 14.6. The van der Waals surface area contributed by atoms with Crippen molar-refractivity contribution in [1.29, 1.82) is 0 Å². The predicted octanol–water partition coefficient (Wildman–Crippen LogP) is 0.911. The van der Waals surface area contributed by atoms with Crippen molar-refractivity contribution >= 4 is 21.4 Å². The molecule has 2 heterocycles. The molecule has 0 amide bonds. The summed E-state index contributed by atoms with van der Waals surface area (Å²) >= 11 is 1.53. The van der Waals surface area contributed by atoms with E-state index in [0.717, 1.165) is 4.88 Å². The first-order chi connectivity index (χ1) is 9.52. The molecule has 2 rings (SSSR count). The molecule has 0 spiro atoms. The predicted molar refractivity (Wildman–Crippen MR) is 79.3 cm³/mol. The highest BCUT2D eigenvalue weighted by atomic mass is 32.2. The van der Waals surface area contributed by atoms with Crippen molar-refractivity contribution in [2.75, 3.05) is 12.3 Å². The Kier molecular flexibility index (Phi) is 4.69. The Morgan fingerprint density at radius 3 is 2.80 bits per heavy atom. The maximum absolute atomic E-state index is 11.7. The number of aromatic nitrogens is 2. The molecule has 8 heteroatoms. The van der Waals surface area contributed by atoms with Crippen molar-refractivity contribution in [1.82, 2.24) is 14.5 Å². The largest absolute Gasteiger partial charge is 0.268 e. The molecule has 0 saturated heterocycles. The van der Waals surface area contributed by atoms with Gasteiger partial charge in [-0.3, -0.25) is 4.79 Å². The van der Waals surface area contributed by atoms with Crippen molar-refractivity contribution in [3.8, 4) is 10.6 Å². The summed E-state index contributed by atoms with van der Waals surface area (Å²) in [5, 5.41) is 6.17. The van der Waals surface area contributed by atoms with Crippen LogP contribution in [0.25, 0.3) is 10.6 Å². The minimum Gasteiger partial charge on any atom is -0.268 e. The Labute approximate surface area is 121 Å². The van der Waals surface area contributed by atoms with Crippen LogP contribution in [0.2, 0.25) is 0 Å². The maximum atomic E-state index is 11.7. The summed E-state index contributed by atoms with van der Waals surface area (Å²) in [6.45, 7) is 1.92. The summed E-state index contributed by atoms with van der Waals surface area (Å²) in [6.07, 6.45) is 0. The number of hydrogen-bond donors (Lipinski definition) is 1. The van der Waals surface area contributed by atoms with E-state index in [4.69, 9.17) is 0 Å². The molecule has 0 radical (unpaired) electrons. The van der Waals surface area contributed by atoms with E-state index in [9.17, 15) is 13.2 Å². The third kappa shape index (κ3) is 3.75. The number of sulfonamides is 1. The number of hydrogen-bond acceptors (Lipinski definition) is 5. The van der Waals surface area contributed by atoms with Gasteiger partial charge in [-0.25, -0.2) is 17.8 Å². The first kappa shape index (κ1) is 14.9. The van der Waals surface area contributed by atoms with E-state index in [-0.39, 0.29) is 24.4 Å². The van der Waals surface area contributed by atoms with Crippen LogP contribution >= 0.6 is 11.3 Å². The van der Waals surface area contributed by atoms with Crippen molar-refractivity contribution in [3.05, 3.63) is 40.0 Å². The minimum atomic E-state index is -3.25. The van der Waals surface area contributed by atoms with Gasteiger partial charge < -0.3 is 0 Å². The molecule has 6 nitrogen and oxygen atoms in total. The van der Waals surface area contributed by atoms with E-state index in [1.165, 1.54) is 22.1 Å². The zero-order valence-corrected chi connectivity index (χ0v) is 12.6. The highest BCUT2D eigenvalue weighted by molar-refractivity contribution is 7.89. The highest BCUT2D eigenvalue weighted by Crippen LogP contribution is 2.20. The zero-order valence-electron chi connectivity index (χ0n) is 10.9. The van der Waals surface area contributed by atoms with Crippen molar-refractivity contribution < 1.29 is 8.42 Å². The van der Waals surface area contributed by atoms with Gasteiger partial charge in [0.2, 0.25) is 10.0 Å². The summed E-state index contributed by atoms with van der Waals surface area (Å²) < 4.78 is 26.3. The highest BCUT2D eigenvalue weighted by Gasteiger charge is 2.07. The molecule has 0 aliphatic heterocycles. The third-order valence-corrected chi connectivity index (χ3v) is 4.96. The van der Waals surface area contributed by atoms with Crippen LogP contribution < -0.4 is 10.3 Å². The van der Waals surface area contributed by atoms with Gasteiger partial charge in [0.25, 0.3) is 5.56 Å². The molecule has 0 fully saturated rings. The second-order valence-corrected chi connectivity index (χ2v) is 7.10. The van der Waals surface area contributed by atoms with E-state index in [1.54, 1.807) is 13.0 Å². The fraction of sp³-hybridized carbons (Fsp3) is 0.333. The molecule has 2 aromatic rings. The molecule has 0 bridgehead atoms. The van der Waals surface area contributed by atoms with Gasteiger partial charge in [0, 0.05) is 12.6 Å². The Morgan fingerprint density at radius 2 is 2.15 bits per heavy atom. The molecule has 0 unspecified atom stereocenters. The Balaban J connectivity index is 2.12. The fourth-order valence-corrected chi connectivity index (χ4v) is 2.87. The summed E-state index contributed by atoms with van der Waals surface area (Å²) in [6, 6.07) is 6.94. The normalized spacial score (nSPS) is 11.7. The van der Waals surface area contributed by atoms with Crippen LogP contribution in [0, 0.1) is 0 Å². The lowest BCUT2D eigenvalue weighted by atomic mass is 10.3. The van der Waals surface area contributed by atoms with Gasteiger partial charge in [0.15, 0.2) is 0 Å². The molecule has 0 saturated carbocycles. The van der Waals surface area contributed by atoms with Gasteiger partial charge >= 0.3 is 0 Å². The van der Waals surface area contributed by atoms with Gasteiger partial charge in [0.1, 0.15) is 5.69 Å². The first-order valence-electron chi connectivity index (χ1n) is 6.11. The second kappa shape index (κ2) is 6.29. The van der Waals surface area contributed by atoms with Crippen LogP contribution in [0.1, 0.15) is 6.92 Å². The second-order valence-electron chi connectivity index (χ2n) is 4.06. The average Bonchev–Trinajstić information content (AvgIpc) is 2.95. The lowest BCUT2D eigenvalue weighted by Gasteiger charge is -2.07. The molecule has 1 N–H and O–H groups in total. The summed E-state index contributed by atoms with van der Waals surface area (Å²) in [5.41, 5.74) is 0.457. The molecule has 0 aliphatic rings. The average molecular weight is 313 g/mol. The lowest BCUT2D eigenvalue weighted by molar-refractivity contribution is 0.549. The van der Waals surface area contributed by atoms with Crippen LogP contribution in [0.4, 0.5) is 0 Å². The standard InChI is InChI=1S/C12H15N3O3S2/c1-2-20(17,18)13-7-8-15-12(16)6-5-10(14-15)11-4-3-9-19-11/h3-6,9,13H,2,7-8H2,1H3. The number of nitrogens with one attached hydrogen (secondary N) is 1. The van der Waals surface area contributed by atoms with Gasteiger partial charge in [0.05, 0.1) is 17.2 Å². The molecular weight excluding hydrogens is 298 g/mol. The Bertz CT molecular complexity index is 721. The van der Waals surface area contributed by atoms with E-state index in [1.807, 2.05) is 17.5 Å². The van der Waals surface area contributed by atoms with Crippen LogP contribution in [0.3, 0.4) is 0 Å². The fourth-order valence-electron chi connectivity index (χ4n) is 1.57. The van der Waals surface area contributed by atoms with Gasteiger partial charge in [-0.05, 0) is 24.4 Å². The smallest absolute Gasteiger partial charge is 0.266 e. The van der Waals surface area contributed by atoms with E-state index in [0.29, 0.717) is 5.69 Å². The summed E-state index contributed by atoms with van der Waals surface area (Å²) in [5.74, 6) is 0.0184. The van der Waals surface area contributed by atoms with E-state index < -0.39 is 10.0 Å². The Morgan fingerprint density at radius 1 is 1.35 bits per heavy atom. The van der Waals surface area contributed by atoms with E-state index >= 15 is 0 Å². The SMILES string of the molecule is CCS(=O)(=O)NCCn1nc(-c2cccs2)ccc1=O. The molecule has 0 aliphatic carbocycles. The molecule has 108 valence electrons. The topological polar surface area (TPSA) is 81.1 Å². The van der Waals surface area contributed by atoms with Crippen LogP contribution in [-0.4, -0.2) is 30.5 Å². The monoisotopic (exact) mass is 313 g/mol. The molecule has 20 heavy (non-hydrogen) atoms. The van der Waals surface area contributed by atoms with Crippen LogP contribution in [-0.2, 0) is 16.6 Å². The lowest BCUT2D eigenvalue weighted by Crippen LogP contribution is -2.32. The van der Waals surface area contributed by atoms with Gasteiger partial charge in [-0.2, -0.15) is 5.10 Å². The van der Waals surface area contributed by atoms with Crippen molar-refractivity contribution in [2.24, 2.45) is 0 Å². The molecule has 0 atom stereocenters. The summed E-state index contributed by atoms with van der Waals surface area (Å²) in [7, 11) is -3.25. The van der Waals surface area contributed by atoms with Crippen molar-refractivity contribution in [3.63, 3.8) is 0 Å². The third-order valence-electron chi connectivity index (χ3n) is 2.67. The number of nitrogens with zero attached hydrogens (tertiary/aromatic N) is 2. The van der Waals surface area contributed by atoms with Crippen molar-refractivity contribution in [2.45, 2.75) is 13.5 Å². The van der Waals surface area contributed by atoms with Crippen LogP contribution in [0.5, 0.6) is 0 Å². The van der Waals surface area contributed by atoms with E-state index in [2.05, 4.69) is 9.82 Å². The molecule has 0 aromatic carbocycles. The number of thiophene rings is 1. The minimum absolute atomic E-state index is 0.0184. The van der Waals surface area contributed by atoms with Gasteiger partial charge in [-0.15, -0.1) is 11.3 Å². The molecule has 2 aromatic heterocycles. The maximum Gasteiger partial charge on any atom is 0.266 e.